The molecule has 0 aliphatic carbocycles. The summed E-state index contributed by atoms with van der Waals surface area (Å²) in [5.74, 6) is -0.521. The van der Waals surface area contributed by atoms with E-state index in [4.69, 9.17) is 0 Å². The summed E-state index contributed by atoms with van der Waals surface area (Å²) >= 11 is 0. The van der Waals surface area contributed by atoms with Crippen LogP contribution in [0.25, 0.3) is 0 Å². The van der Waals surface area contributed by atoms with E-state index in [9.17, 15) is 9.59 Å². The van der Waals surface area contributed by atoms with E-state index in [1.54, 1.807) is 35.6 Å². The van der Waals surface area contributed by atoms with E-state index in [0.29, 0.717) is 12.1 Å². The van der Waals surface area contributed by atoms with Crippen LogP contribution in [0.2, 0.25) is 0 Å². The van der Waals surface area contributed by atoms with Crippen LogP contribution in [0, 0.1) is 0 Å². The molecule has 22 heavy (non-hydrogen) atoms. The molecule has 0 bridgehead atoms. The smallest absolute Gasteiger partial charge is 0.307 e. The molecule has 6 heteroatoms. The Balaban J connectivity index is 2.13. The maximum atomic E-state index is 12.6. The molecule has 2 aromatic rings. The molecular weight excluding hydrogens is 282 g/mol. The first kappa shape index (κ1) is 15.6. The fourth-order valence-corrected chi connectivity index (χ4v) is 1.96. The summed E-state index contributed by atoms with van der Waals surface area (Å²) in [6, 6.07) is 7.08. The molecule has 2 rings (SSSR count). The molecule has 0 unspecified atom stereocenters. The number of pyridine rings is 2. The van der Waals surface area contributed by atoms with Crippen LogP contribution in [0.1, 0.15) is 22.3 Å². The number of carbonyl (C=O) groups excluding carboxylic acids is 2. The largest absolute Gasteiger partial charge is 0.469 e. The van der Waals surface area contributed by atoms with Crippen LogP contribution >= 0.6 is 0 Å². The van der Waals surface area contributed by atoms with Crippen LogP contribution in [0.4, 0.5) is 0 Å². The van der Waals surface area contributed by atoms with Gasteiger partial charge >= 0.3 is 5.97 Å². The summed E-state index contributed by atoms with van der Waals surface area (Å²) in [5, 5.41) is 0. The summed E-state index contributed by atoms with van der Waals surface area (Å²) in [7, 11) is 1.33. The molecule has 0 saturated carbocycles. The predicted molar refractivity (Wildman–Crippen MR) is 79.8 cm³/mol. The van der Waals surface area contributed by atoms with Crippen molar-refractivity contribution in [1.82, 2.24) is 14.9 Å². The van der Waals surface area contributed by atoms with E-state index in [1.807, 2.05) is 12.1 Å². The van der Waals surface area contributed by atoms with Gasteiger partial charge in [-0.1, -0.05) is 0 Å². The SMILES string of the molecule is COC(=O)CCN(Cc1ccncc1)C(=O)c1cccnc1. The zero-order valence-electron chi connectivity index (χ0n) is 12.3. The number of ether oxygens (including phenoxy) is 1. The highest BCUT2D eigenvalue weighted by Gasteiger charge is 2.17. The van der Waals surface area contributed by atoms with Gasteiger partial charge in [0.05, 0.1) is 19.1 Å². The van der Waals surface area contributed by atoms with Gasteiger partial charge in [0.15, 0.2) is 0 Å². The van der Waals surface area contributed by atoms with E-state index in [0.717, 1.165) is 5.56 Å². The second kappa shape index (κ2) is 7.87. The Bertz CT molecular complexity index is 617. The number of aromatic nitrogens is 2. The van der Waals surface area contributed by atoms with Gasteiger partial charge in [0.25, 0.3) is 5.91 Å². The number of hydrogen-bond donors (Lipinski definition) is 0. The first-order valence-electron chi connectivity index (χ1n) is 6.85. The van der Waals surface area contributed by atoms with Crippen molar-refractivity contribution in [2.24, 2.45) is 0 Å². The topological polar surface area (TPSA) is 72.4 Å². The van der Waals surface area contributed by atoms with Crippen LogP contribution < -0.4 is 0 Å². The van der Waals surface area contributed by atoms with Gasteiger partial charge in [0, 0.05) is 37.9 Å². The number of nitrogens with zero attached hydrogens (tertiary/aromatic N) is 3. The van der Waals surface area contributed by atoms with Crippen molar-refractivity contribution in [1.29, 1.82) is 0 Å². The van der Waals surface area contributed by atoms with Gasteiger partial charge in [-0.2, -0.15) is 0 Å². The lowest BCUT2D eigenvalue weighted by Gasteiger charge is -2.22. The fourth-order valence-electron chi connectivity index (χ4n) is 1.96. The number of amides is 1. The molecular formula is C16H17N3O3. The minimum absolute atomic E-state index is 0.146. The molecule has 2 heterocycles. The van der Waals surface area contributed by atoms with Crippen LogP contribution in [0.15, 0.2) is 49.1 Å². The molecule has 0 radical (unpaired) electrons. The number of hydrogen-bond acceptors (Lipinski definition) is 5. The molecule has 0 aromatic carbocycles. The number of esters is 1. The van der Waals surface area contributed by atoms with Crippen molar-refractivity contribution >= 4 is 11.9 Å². The standard InChI is InChI=1S/C16H17N3O3/c1-22-15(20)6-10-19(12-13-4-8-17-9-5-13)16(21)14-3-2-7-18-11-14/h2-5,7-9,11H,6,10,12H2,1H3. The Morgan fingerprint density at radius 2 is 1.91 bits per heavy atom. The quantitative estimate of drug-likeness (QED) is 0.759. The van der Waals surface area contributed by atoms with Crippen molar-refractivity contribution in [3.05, 3.63) is 60.2 Å². The highest BCUT2D eigenvalue weighted by atomic mass is 16.5. The summed E-state index contributed by atoms with van der Waals surface area (Å²) in [6.07, 6.45) is 6.61. The van der Waals surface area contributed by atoms with Crippen LogP contribution in [0.3, 0.4) is 0 Å². The van der Waals surface area contributed by atoms with E-state index in [2.05, 4.69) is 14.7 Å². The monoisotopic (exact) mass is 299 g/mol. The van der Waals surface area contributed by atoms with Crippen molar-refractivity contribution < 1.29 is 14.3 Å². The molecule has 2 aromatic heterocycles. The van der Waals surface area contributed by atoms with Crippen LogP contribution in [-0.4, -0.2) is 40.4 Å². The predicted octanol–water partition coefficient (Wildman–Crippen LogP) is 1.68. The fraction of sp³-hybridized carbons (Fsp3) is 0.250. The Hall–Kier alpha value is -2.76. The van der Waals surface area contributed by atoms with Crippen molar-refractivity contribution in [3.63, 3.8) is 0 Å². The number of methoxy groups -OCH3 is 1. The molecule has 1 amide bonds. The highest BCUT2D eigenvalue weighted by Crippen LogP contribution is 2.10. The van der Waals surface area contributed by atoms with E-state index >= 15 is 0 Å². The minimum atomic E-state index is -0.348. The lowest BCUT2D eigenvalue weighted by molar-refractivity contribution is -0.140. The Morgan fingerprint density at radius 3 is 2.55 bits per heavy atom. The van der Waals surface area contributed by atoms with Gasteiger partial charge in [0.2, 0.25) is 0 Å². The molecule has 114 valence electrons. The number of rotatable bonds is 6. The Kier molecular flexibility index (Phi) is 5.59. The number of carbonyl (C=O) groups is 2. The van der Waals surface area contributed by atoms with Gasteiger partial charge in [-0.3, -0.25) is 19.6 Å². The summed E-state index contributed by atoms with van der Waals surface area (Å²) < 4.78 is 4.64. The normalized spacial score (nSPS) is 10.0. The molecule has 0 fully saturated rings. The van der Waals surface area contributed by atoms with Crippen molar-refractivity contribution in [2.75, 3.05) is 13.7 Å². The average Bonchev–Trinajstić information content (AvgIpc) is 2.59. The van der Waals surface area contributed by atoms with Gasteiger partial charge < -0.3 is 9.64 Å². The summed E-state index contributed by atoms with van der Waals surface area (Å²) in [6.45, 7) is 0.677. The lowest BCUT2D eigenvalue weighted by atomic mass is 10.2. The molecule has 6 nitrogen and oxygen atoms in total. The Labute approximate surface area is 128 Å². The zero-order chi connectivity index (χ0) is 15.8. The Morgan fingerprint density at radius 1 is 1.14 bits per heavy atom. The third-order valence-corrected chi connectivity index (χ3v) is 3.13. The summed E-state index contributed by atoms with van der Waals surface area (Å²) in [4.78, 5) is 33.4. The van der Waals surface area contributed by atoms with Crippen LogP contribution in [0.5, 0.6) is 0 Å². The van der Waals surface area contributed by atoms with Gasteiger partial charge in [0.1, 0.15) is 0 Å². The summed E-state index contributed by atoms with van der Waals surface area (Å²) in [5.41, 5.74) is 1.43. The maximum absolute atomic E-state index is 12.6. The third-order valence-electron chi connectivity index (χ3n) is 3.13. The van der Waals surface area contributed by atoms with Crippen molar-refractivity contribution in [2.45, 2.75) is 13.0 Å². The maximum Gasteiger partial charge on any atom is 0.307 e. The van der Waals surface area contributed by atoms with Gasteiger partial charge in [-0.15, -0.1) is 0 Å². The minimum Gasteiger partial charge on any atom is -0.469 e. The first-order chi connectivity index (χ1) is 10.7. The zero-order valence-corrected chi connectivity index (χ0v) is 12.3. The molecule has 0 spiro atoms. The molecule has 0 aliphatic rings. The second-order valence-electron chi connectivity index (χ2n) is 4.65. The van der Waals surface area contributed by atoms with E-state index in [-0.39, 0.29) is 24.8 Å². The molecule has 0 saturated heterocycles. The highest BCUT2D eigenvalue weighted by molar-refractivity contribution is 5.94. The van der Waals surface area contributed by atoms with Crippen molar-refractivity contribution in [3.8, 4) is 0 Å². The first-order valence-corrected chi connectivity index (χ1v) is 6.85. The van der Waals surface area contributed by atoms with E-state index in [1.165, 1.54) is 13.3 Å². The van der Waals surface area contributed by atoms with Crippen LogP contribution in [-0.2, 0) is 16.1 Å². The third kappa shape index (κ3) is 4.37. The van der Waals surface area contributed by atoms with E-state index < -0.39 is 0 Å². The van der Waals surface area contributed by atoms with Gasteiger partial charge in [-0.05, 0) is 29.8 Å². The molecule has 0 aliphatic heterocycles. The van der Waals surface area contributed by atoms with Gasteiger partial charge in [-0.25, -0.2) is 0 Å². The molecule has 0 atom stereocenters. The average molecular weight is 299 g/mol. The molecule has 0 N–H and O–H groups in total. The lowest BCUT2D eigenvalue weighted by Crippen LogP contribution is -2.32. The second-order valence-corrected chi connectivity index (χ2v) is 4.65.